The summed E-state index contributed by atoms with van der Waals surface area (Å²) in [4.78, 5) is 11.2. The summed E-state index contributed by atoms with van der Waals surface area (Å²) in [7, 11) is 0. The van der Waals surface area contributed by atoms with E-state index in [0.29, 0.717) is 16.5 Å². The van der Waals surface area contributed by atoms with Crippen molar-refractivity contribution in [3.8, 4) is 11.5 Å². The standard InChI is InChI=1S/C14H12O3/c1-3-14(16)17-13-7-6-12(15)10-5-4-9(2)8-11(10)13/h3-8,15H,1H2,2H3. The second-order valence-electron chi connectivity index (χ2n) is 3.76. The van der Waals surface area contributed by atoms with E-state index in [0.717, 1.165) is 11.6 Å². The third kappa shape index (κ3) is 2.13. The van der Waals surface area contributed by atoms with Crippen LogP contribution in [-0.4, -0.2) is 11.1 Å². The average molecular weight is 228 g/mol. The van der Waals surface area contributed by atoms with Gasteiger partial charge in [0.25, 0.3) is 0 Å². The zero-order valence-electron chi connectivity index (χ0n) is 9.43. The highest BCUT2D eigenvalue weighted by molar-refractivity contribution is 5.96. The summed E-state index contributed by atoms with van der Waals surface area (Å²) in [6.07, 6.45) is 1.11. The van der Waals surface area contributed by atoms with Crippen molar-refractivity contribution in [3.63, 3.8) is 0 Å². The van der Waals surface area contributed by atoms with Gasteiger partial charge in [-0.2, -0.15) is 0 Å². The molecule has 3 heteroatoms. The van der Waals surface area contributed by atoms with Gasteiger partial charge >= 0.3 is 5.97 Å². The summed E-state index contributed by atoms with van der Waals surface area (Å²) in [6.45, 7) is 5.28. The van der Waals surface area contributed by atoms with Gasteiger partial charge in [-0.3, -0.25) is 0 Å². The first-order valence-corrected chi connectivity index (χ1v) is 5.18. The van der Waals surface area contributed by atoms with E-state index in [-0.39, 0.29) is 5.75 Å². The van der Waals surface area contributed by atoms with Gasteiger partial charge < -0.3 is 9.84 Å². The van der Waals surface area contributed by atoms with Gasteiger partial charge in [-0.25, -0.2) is 4.79 Å². The Morgan fingerprint density at radius 3 is 2.76 bits per heavy atom. The molecule has 0 aromatic heterocycles. The molecule has 2 aromatic carbocycles. The Morgan fingerprint density at radius 1 is 1.29 bits per heavy atom. The third-order valence-corrected chi connectivity index (χ3v) is 2.49. The topological polar surface area (TPSA) is 46.5 Å². The normalized spacial score (nSPS) is 10.2. The molecule has 0 heterocycles. The van der Waals surface area contributed by atoms with E-state index in [4.69, 9.17) is 4.74 Å². The minimum Gasteiger partial charge on any atom is -0.507 e. The fourth-order valence-corrected chi connectivity index (χ4v) is 1.66. The number of phenolic OH excluding ortho intramolecular Hbond substituents is 1. The van der Waals surface area contributed by atoms with Crippen molar-refractivity contribution in [2.24, 2.45) is 0 Å². The van der Waals surface area contributed by atoms with Crippen molar-refractivity contribution >= 4 is 16.7 Å². The van der Waals surface area contributed by atoms with Crippen LogP contribution in [0, 0.1) is 6.92 Å². The summed E-state index contributed by atoms with van der Waals surface area (Å²) in [6, 6.07) is 8.62. The van der Waals surface area contributed by atoms with Crippen LogP contribution in [0.1, 0.15) is 5.56 Å². The van der Waals surface area contributed by atoms with Crippen LogP contribution in [0.2, 0.25) is 0 Å². The summed E-state index contributed by atoms with van der Waals surface area (Å²) >= 11 is 0. The fraction of sp³-hybridized carbons (Fsp3) is 0.0714. The number of hydrogen-bond donors (Lipinski definition) is 1. The molecule has 0 fully saturated rings. The van der Waals surface area contributed by atoms with Crippen LogP contribution in [0.4, 0.5) is 0 Å². The summed E-state index contributed by atoms with van der Waals surface area (Å²) < 4.78 is 5.12. The van der Waals surface area contributed by atoms with E-state index in [1.54, 1.807) is 12.1 Å². The lowest BCUT2D eigenvalue weighted by molar-refractivity contribution is -0.128. The molecule has 0 unspecified atom stereocenters. The molecule has 17 heavy (non-hydrogen) atoms. The lowest BCUT2D eigenvalue weighted by Crippen LogP contribution is -2.03. The predicted octanol–water partition coefficient (Wildman–Crippen LogP) is 2.95. The molecule has 0 spiro atoms. The number of phenols is 1. The van der Waals surface area contributed by atoms with Gasteiger partial charge in [0.1, 0.15) is 11.5 Å². The fourth-order valence-electron chi connectivity index (χ4n) is 1.66. The minimum atomic E-state index is -0.515. The van der Waals surface area contributed by atoms with Crippen molar-refractivity contribution in [2.45, 2.75) is 6.92 Å². The number of aromatic hydroxyl groups is 1. The van der Waals surface area contributed by atoms with E-state index in [1.165, 1.54) is 6.07 Å². The monoisotopic (exact) mass is 228 g/mol. The summed E-state index contributed by atoms with van der Waals surface area (Å²) in [5.41, 5.74) is 1.03. The maximum Gasteiger partial charge on any atom is 0.335 e. The SMILES string of the molecule is C=CC(=O)Oc1ccc(O)c2ccc(C)cc12. The maximum absolute atomic E-state index is 11.2. The van der Waals surface area contributed by atoms with Crippen LogP contribution in [0.5, 0.6) is 11.5 Å². The Kier molecular flexibility index (Phi) is 2.83. The molecule has 0 aliphatic rings. The quantitative estimate of drug-likeness (QED) is 0.488. The molecule has 0 aliphatic carbocycles. The number of rotatable bonds is 2. The lowest BCUT2D eigenvalue weighted by Gasteiger charge is -2.08. The Morgan fingerprint density at radius 2 is 2.06 bits per heavy atom. The van der Waals surface area contributed by atoms with E-state index in [1.807, 2.05) is 19.1 Å². The van der Waals surface area contributed by atoms with Gasteiger partial charge in [-0.15, -0.1) is 0 Å². The van der Waals surface area contributed by atoms with Gasteiger partial charge in [0.15, 0.2) is 0 Å². The van der Waals surface area contributed by atoms with Crippen LogP contribution < -0.4 is 4.74 Å². The van der Waals surface area contributed by atoms with Gasteiger partial charge in [-0.1, -0.05) is 24.3 Å². The van der Waals surface area contributed by atoms with Crippen LogP contribution >= 0.6 is 0 Å². The van der Waals surface area contributed by atoms with Gasteiger partial charge in [0.2, 0.25) is 0 Å². The highest BCUT2D eigenvalue weighted by Gasteiger charge is 2.08. The molecule has 0 radical (unpaired) electrons. The second kappa shape index (κ2) is 4.29. The molecular weight excluding hydrogens is 216 g/mol. The summed E-state index contributed by atoms with van der Waals surface area (Å²) in [5.74, 6) is 0.0725. The highest BCUT2D eigenvalue weighted by Crippen LogP contribution is 2.33. The minimum absolute atomic E-state index is 0.165. The zero-order valence-corrected chi connectivity index (χ0v) is 9.43. The van der Waals surface area contributed by atoms with E-state index in [9.17, 15) is 9.90 Å². The number of carbonyl (C=O) groups is 1. The number of carbonyl (C=O) groups excluding carboxylic acids is 1. The van der Waals surface area contributed by atoms with Crippen LogP contribution in [0.25, 0.3) is 10.8 Å². The second-order valence-corrected chi connectivity index (χ2v) is 3.76. The molecule has 3 nitrogen and oxygen atoms in total. The number of ether oxygens (including phenoxy) is 1. The Balaban J connectivity index is 2.63. The molecule has 86 valence electrons. The molecule has 0 atom stereocenters. The third-order valence-electron chi connectivity index (χ3n) is 2.49. The van der Waals surface area contributed by atoms with Crippen LogP contribution in [0.15, 0.2) is 43.0 Å². The average Bonchev–Trinajstić information content (AvgIpc) is 2.32. The van der Waals surface area contributed by atoms with Crippen molar-refractivity contribution in [3.05, 3.63) is 48.6 Å². The molecule has 0 saturated heterocycles. The van der Waals surface area contributed by atoms with E-state index in [2.05, 4.69) is 6.58 Å². The van der Waals surface area contributed by atoms with E-state index < -0.39 is 5.97 Å². The van der Waals surface area contributed by atoms with Crippen LogP contribution in [-0.2, 0) is 4.79 Å². The Labute approximate surface area is 99.0 Å². The molecule has 2 rings (SSSR count). The molecule has 0 aliphatic heterocycles. The first-order chi connectivity index (χ1) is 8.11. The predicted molar refractivity (Wildman–Crippen MR) is 66.2 cm³/mol. The molecule has 0 bridgehead atoms. The Hall–Kier alpha value is -2.29. The van der Waals surface area contributed by atoms with Gasteiger partial charge in [-0.05, 0) is 25.1 Å². The molecule has 0 saturated carbocycles. The van der Waals surface area contributed by atoms with E-state index >= 15 is 0 Å². The Bertz CT molecular complexity index is 600. The summed E-state index contributed by atoms with van der Waals surface area (Å²) in [5, 5.41) is 11.1. The number of hydrogen-bond acceptors (Lipinski definition) is 3. The number of aryl methyl sites for hydroxylation is 1. The number of fused-ring (bicyclic) bond motifs is 1. The van der Waals surface area contributed by atoms with Gasteiger partial charge in [0, 0.05) is 16.8 Å². The molecule has 0 amide bonds. The zero-order chi connectivity index (χ0) is 12.4. The van der Waals surface area contributed by atoms with Crippen molar-refractivity contribution in [1.29, 1.82) is 0 Å². The van der Waals surface area contributed by atoms with Crippen LogP contribution in [0.3, 0.4) is 0 Å². The van der Waals surface area contributed by atoms with Gasteiger partial charge in [0.05, 0.1) is 0 Å². The lowest BCUT2D eigenvalue weighted by atomic mass is 10.1. The molecular formula is C14H12O3. The highest BCUT2D eigenvalue weighted by atomic mass is 16.5. The van der Waals surface area contributed by atoms with Crippen molar-refractivity contribution in [2.75, 3.05) is 0 Å². The first kappa shape index (κ1) is 11.2. The number of benzene rings is 2. The smallest absolute Gasteiger partial charge is 0.335 e. The number of esters is 1. The first-order valence-electron chi connectivity index (χ1n) is 5.18. The largest absolute Gasteiger partial charge is 0.507 e. The van der Waals surface area contributed by atoms with Crippen molar-refractivity contribution < 1.29 is 14.6 Å². The molecule has 2 aromatic rings. The molecule has 1 N–H and O–H groups in total. The van der Waals surface area contributed by atoms with Crippen molar-refractivity contribution in [1.82, 2.24) is 0 Å². The maximum atomic E-state index is 11.2.